The average molecular weight is 234 g/mol. The zero-order valence-corrected chi connectivity index (χ0v) is 9.82. The molecule has 17 heavy (non-hydrogen) atoms. The van der Waals surface area contributed by atoms with Gasteiger partial charge in [-0.25, -0.2) is 0 Å². The van der Waals surface area contributed by atoms with E-state index in [1.165, 1.54) is 0 Å². The van der Waals surface area contributed by atoms with E-state index >= 15 is 0 Å². The monoisotopic (exact) mass is 234 g/mol. The molecule has 0 aliphatic carbocycles. The van der Waals surface area contributed by atoms with Crippen molar-refractivity contribution in [3.8, 4) is 0 Å². The molecule has 3 N–H and O–H groups in total. The molecule has 0 spiro atoms. The van der Waals surface area contributed by atoms with Gasteiger partial charge in [-0.1, -0.05) is 24.3 Å². The number of hydrogen-bond donors (Lipinski definition) is 2. The first-order chi connectivity index (χ1) is 8.29. The molecule has 1 aromatic rings. The molecule has 1 aromatic carbocycles. The number of ether oxygens (including phenoxy) is 1. The lowest BCUT2D eigenvalue weighted by Gasteiger charge is -2.10. The number of carbonyl (C=O) groups is 1. The largest absolute Gasteiger partial charge is 0.368 e. The number of carbonyl (C=O) groups excluding carboxylic acids is 1. The molecule has 1 aliphatic rings. The lowest BCUT2D eigenvalue weighted by molar-refractivity contribution is -0.130. The lowest BCUT2D eigenvalue weighted by atomic mass is 10.1. The number of nitrogens with one attached hydrogen (secondary N) is 1. The van der Waals surface area contributed by atoms with E-state index in [9.17, 15) is 4.79 Å². The Hall–Kier alpha value is -1.39. The van der Waals surface area contributed by atoms with Crippen LogP contribution in [0.4, 0.5) is 0 Å². The van der Waals surface area contributed by atoms with Gasteiger partial charge in [-0.3, -0.25) is 4.79 Å². The Kier molecular flexibility index (Phi) is 4.12. The zero-order valence-electron chi connectivity index (χ0n) is 9.82. The van der Waals surface area contributed by atoms with Crippen LogP contribution in [-0.2, 0) is 22.6 Å². The molecule has 1 aliphatic heterocycles. The maximum absolute atomic E-state index is 11.7. The van der Waals surface area contributed by atoms with E-state index in [4.69, 9.17) is 10.5 Å². The molecule has 1 fully saturated rings. The second-order valence-electron chi connectivity index (χ2n) is 4.24. The van der Waals surface area contributed by atoms with Gasteiger partial charge < -0.3 is 15.8 Å². The molecule has 0 unspecified atom stereocenters. The molecule has 1 heterocycles. The van der Waals surface area contributed by atoms with Crippen LogP contribution in [-0.4, -0.2) is 18.6 Å². The molecular formula is C13H18N2O2. The van der Waals surface area contributed by atoms with Crippen LogP contribution in [0, 0.1) is 0 Å². The SMILES string of the molecule is NCc1ccc(CNC(=O)[C@@H]2CCCO2)cc1. The Morgan fingerprint density at radius 3 is 2.65 bits per heavy atom. The van der Waals surface area contributed by atoms with E-state index in [2.05, 4.69) is 5.32 Å². The van der Waals surface area contributed by atoms with E-state index in [0.29, 0.717) is 19.7 Å². The Labute approximate surface area is 101 Å². The van der Waals surface area contributed by atoms with Gasteiger partial charge >= 0.3 is 0 Å². The van der Waals surface area contributed by atoms with Gasteiger partial charge in [0.25, 0.3) is 0 Å². The van der Waals surface area contributed by atoms with Gasteiger partial charge in [0.1, 0.15) is 6.10 Å². The average Bonchev–Trinajstić information content (AvgIpc) is 2.90. The van der Waals surface area contributed by atoms with Gasteiger partial charge in [0, 0.05) is 19.7 Å². The van der Waals surface area contributed by atoms with Gasteiger partial charge in [-0.2, -0.15) is 0 Å². The summed E-state index contributed by atoms with van der Waals surface area (Å²) < 4.78 is 5.31. The fourth-order valence-corrected chi connectivity index (χ4v) is 1.88. The summed E-state index contributed by atoms with van der Waals surface area (Å²) in [6.07, 6.45) is 1.56. The molecule has 92 valence electrons. The van der Waals surface area contributed by atoms with Crippen molar-refractivity contribution in [1.82, 2.24) is 5.32 Å². The maximum Gasteiger partial charge on any atom is 0.249 e. The number of benzene rings is 1. The summed E-state index contributed by atoms with van der Waals surface area (Å²) in [4.78, 5) is 11.7. The number of nitrogens with two attached hydrogens (primary N) is 1. The minimum absolute atomic E-state index is 0.00889. The smallest absolute Gasteiger partial charge is 0.249 e. The van der Waals surface area contributed by atoms with Crippen molar-refractivity contribution in [3.63, 3.8) is 0 Å². The first-order valence-corrected chi connectivity index (χ1v) is 5.97. The molecule has 1 amide bonds. The first-order valence-electron chi connectivity index (χ1n) is 5.97. The van der Waals surface area contributed by atoms with E-state index in [-0.39, 0.29) is 12.0 Å². The van der Waals surface area contributed by atoms with Crippen LogP contribution in [0.1, 0.15) is 24.0 Å². The third-order valence-electron chi connectivity index (χ3n) is 2.95. The topological polar surface area (TPSA) is 64.3 Å². The van der Waals surface area contributed by atoms with Crippen LogP contribution in [0.2, 0.25) is 0 Å². The molecule has 4 nitrogen and oxygen atoms in total. The van der Waals surface area contributed by atoms with Crippen LogP contribution in [0.3, 0.4) is 0 Å². The van der Waals surface area contributed by atoms with E-state index in [0.717, 1.165) is 24.0 Å². The second kappa shape index (κ2) is 5.80. The Bertz CT molecular complexity index is 370. The van der Waals surface area contributed by atoms with Crippen molar-refractivity contribution in [2.75, 3.05) is 6.61 Å². The highest BCUT2D eigenvalue weighted by Gasteiger charge is 2.22. The Balaban J connectivity index is 1.82. The van der Waals surface area contributed by atoms with Crippen LogP contribution in [0.25, 0.3) is 0 Å². The van der Waals surface area contributed by atoms with Crippen LogP contribution >= 0.6 is 0 Å². The summed E-state index contributed by atoms with van der Waals surface area (Å²) in [5, 5.41) is 2.88. The van der Waals surface area contributed by atoms with E-state index in [1.807, 2.05) is 24.3 Å². The summed E-state index contributed by atoms with van der Waals surface area (Å²) >= 11 is 0. The molecular weight excluding hydrogens is 216 g/mol. The molecule has 2 rings (SSSR count). The van der Waals surface area contributed by atoms with Crippen molar-refractivity contribution >= 4 is 5.91 Å². The molecule has 1 atom stereocenters. The molecule has 0 aromatic heterocycles. The quantitative estimate of drug-likeness (QED) is 0.815. The van der Waals surface area contributed by atoms with Crippen molar-refractivity contribution in [2.24, 2.45) is 5.73 Å². The normalized spacial score (nSPS) is 19.2. The van der Waals surface area contributed by atoms with Crippen LogP contribution < -0.4 is 11.1 Å². The number of rotatable bonds is 4. The maximum atomic E-state index is 11.7. The van der Waals surface area contributed by atoms with Crippen molar-refractivity contribution in [2.45, 2.75) is 32.0 Å². The van der Waals surface area contributed by atoms with Crippen molar-refractivity contribution in [3.05, 3.63) is 35.4 Å². The van der Waals surface area contributed by atoms with Gasteiger partial charge in [0.05, 0.1) is 0 Å². The third-order valence-corrected chi connectivity index (χ3v) is 2.95. The summed E-state index contributed by atoms with van der Waals surface area (Å²) in [5.41, 5.74) is 7.69. The predicted molar refractivity (Wildman–Crippen MR) is 65.2 cm³/mol. The minimum Gasteiger partial charge on any atom is -0.368 e. The van der Waals surface area contributed by atoms with Crippen LogP contribution in [0.5, 0.6) is 0 Å². The zero-order chi connectivity index (χ0) is 12.1. The predicted octanol–water partition coefficient (Wildman–Crippen LogP) is 0.940. The number of amides is 1. The summed E-state index contributed by atoms with van der Waals surface area (Å²) in [6.45, 7) is 1.79. The first kappa shape index (κ1) is 12.1. The number of hydrogen-bond acceptors (Lipinski definition) is 3. The lowest BCUT2D eigenvalue weighted by Crippen LogP contribution is -2.33. The van der Waals surface area contributed by atoms with E-state index in [1.54, 1.807) is 0 Å². The molecule has 4 heteroatoms. The van der Waals surface area contributed by atoms with Gasteiger partial charge in [-0.05, 0) is 24.0 Å². The Morgan fingerprint density at radius 2 is 2.06 bits per heavy atom. The van der Waals surface area contributed by atoms with Gasteiger partial charge in [0.2, 0.25) is 5.91 Å². The molecule has 0 radical (unpaired) electrons. The van der Waals surface area contributed by atoms with Gasteiger partial charge in [0.15, 0.2) is 0 Å². The summed E-state index contributed by atoms with van der Waals surface area (Å²) in [7, 11) is 0. The highest BCUT2D eigenvalue weighted by Crippen LogP contribution is 2.12. The Morgan fingerprint density at radius 1 is 1.35 bits per heavy atom. The van der Waals surface area contributed by atoms with Crippen molar-refractivity contribution in [1.29, 1.82) is 0 Å². The standard InChI is InChI=1S/C13H18N2O2/c14-8-10-3-5-11(6-4-10)9-15-13(16)12-2-1-7-17-12/h3-6,12H,1-2,7-9,14H2,(H,15,16)/t12-/m0/s1. The minimum atomic E-state index is -0.252. The molecule has 1 saturated heterocycles. The third kappa shape index (κ3) is 3.28. The van der Waals surface area contributed by atoms with E-state index < -0.39 is 0 Å². The van der Waals surface area contributed by atoms with Crippen molar-refractivity contribution < 1.29 is 9.53 Å². The summed E-state index contributed by atoms with van der Waals surface area (Å²) in [6, 6.07) is 7.93. The molecule has 0 saturated carbocycles. The molecule has 0 bridgehead atoms. The van der Waals surface area contributed by atoms with Gasteiger partial charge in [-0.15, -0.1) is 0 Å². The fraction of sp³-hybridized carbons (Fsp3) is 0.462. The highest BCUT2D eigenvalue weighted by atomic mass is 16.5. The highest BCUT2D eigenvalue weighted by molar-refractivity contribution is 5.80. The second-order valence-corrected chi connectivity index (χ2v) is 4.24. The van der Waals surface area contributed by atoms with Crippen LogP contribution in [0.15, 0.2) is 24.3 Å². The summed E-state index contributed by atoms with van der Waals surface area (Å²) in [5.74, 6) is -0.00889. The fourth-order valence-electron chi connectivity index (χ4n) is 1.88.